The van der Waals surface area contributed by atoms with Crippen LogP contribution >= 0.6 is 11.6 Å². The quantitative estimate of drug-likeness (QED) is 0.761. The van der Waals surface area contributed by atoms with Crippen LogP contribution in [-0.4, -0.2) is 35.7 Å². The molecule has 1 aromatic heterocycles. The van der Waals surface area contributed by atoms with Crippen LogP contribution in [0.5, 0.6) is 0 Å². The smallest absolute Gasteiger partial charge is 0.207 e. The lowest BCUT2D eigenvalue weighted by Gasteiger charge is -2.16. The highest BCUT2D eigenvalue weighted by Gasteiger charge is 2.23. The van der Waals surface area contributed by atoms with Crippen molar-refractivity contribution in [3.63, 3.8) is 0 Å². The molecule has 0 aromatic carbocycles. The summed E-state index contributed by atoms with van der Waals surface area (Å²) in [4.78, 5) is 12.3. The molecule has 1 atom stereocenters. The van der Waals surface area contributed by atoms with E-state index in [2.05, 4.69) is 20.4 Å². The highest BCUT2D eigenvalue weighted by atomic mass is 35.5. The molecule has 15 heavy (non-hydrogen) atoms. The van der Waals surface area contributed by atoms with E-state index in [1.807, 2.05) is 0 Å². The number of hydrogen-bond donors (Lipinski definition) is 1. The van der Waals surface area contributed by atoms with Crippen molar-refractivity contribution < 1.29 is 4.79 Å². The fraction of sp³-hybridized carbons (Fsp3) is 0.444. The van der Waals surface area contributed by atoms with Crippen molar-refractivity contribution in [3.8, 4) is 0 Å². The van der Waals surface area contributed by atoms with Crippen LogP contribution in [0, 0.1) is 0 Å². The lowest BCUT2D eigenvalue weighted by Crippen LogP contribution is -2.31. The zero-order valence-corrected chi connectivity index (χ0v) is 8.81. The Morgan fingerprint density at radius 3 is 3.27 bits per heavy atom. The van der Waals surface area contributed by atoms with Crippen molar-refractivity contribution in [1.29, 1.82) is 0 Å². The minimum atomic E-state index is 0.197. The van der Waals surface area contributed by atoms with Gasteiger partial charge in [-0.05, 0) is 6.42 Å². The molecule has 1 aromatic rings. The molecule has 2 rings (SSSR count). The molecule has 1 amide bonds. The van der Waals surface area contributed by atoms with Gasteiger partial charge < -0.3 is 10.2 Å². The molecule has 1 aliphatic rings. The third kappa shape index (κ3) is 2.36. The zero-order valence-electron chi connectivity index (χ0n) is 8.06. The molecule has 0 spiro atoms. The highest BCUT2D eigenvalue weighted by Crippen LogP contribution is 2.19. The van der Waals surface area contributed by atoms with Crippen molar-refractivity contribution in [2.24, 2.45) is 0 Å². The summed E-state index contributed by atoms with van der Waals surface area (Å²) in [6.07, 6.45) is 3.16. The average Bonchev–Trinajstić information content (AvgIpc) is 2.67. The van der Waals surface area contributed by atoms with Gasteiger partial charge in [-0.25, -0.2) is 0 Å². The molecule has 0 radical (unpaired) electrons. The van der Waals surface area contributed by atoms with Crippen molar-refractivity contribution in [2.45, 2.75) is 12.5 Å². The fourth-order valence-electron chi connectivity index (χ4n) is 1.69. The fourth-order valence-corrected chi connectivity index (χ4v) is 1.83. The normalized spacial score (nSPS) is 20.3. The van der Waals surface area contributed by atoms with E-state index in [0.717, 1.165) is 31.7 Å². The summed E-state index contributed by atoms with van der Waals surface area (Å²) in [6, 6.07) is 1.97. The van der Waals surface area contributed by atoms with Gasteiger partial charge in [0.15, 0.2) is 5.82 Å². The van der Waals surface area contributed by atoms with Gasteiger partial charge in [-0.1, -0.05) is 11.6 Å². The van der Waals surface area contributed by atoms with E-state index in [9.17, 15) is 4.79 Å². The topological polar surface area (TPSA) is 58.1 Å². The van der Waals surface area contributed by atoms with E-state index in [-0.39, 0.29) is 6.04 Å². The molecule has 80 valence electrons. The van der Waals surface area contributed by atoms with Crippen LogP contribution in [0.1, 0.15) is 6.42 Å². The molecule has 6 heteroatoms. The maximum atomic E-state index is 10.3. The number of nitrogens with zero attached hydrogens (tertiary/aromatic N) is 3. The SMILES string of the molecule is O=CN[C@@H]1CCN(c2cc(Cl)cnn2)C1. The van der Waals surface area contributed by atoms with Gasteiger partial charge in [0, 0.05) is 25.2 Å². The summed E-state index contributed by atoms with van der Waals surface area (Å²) >= 11 is 5.82. The van der Waals surface area contributed by atoms with Gasteiger partial charge in [0.2, 0.25) is 6.41 Å². The number of amides is 1. The Kier molecular flexibility index (Phi) is 3.01. The Labute approximate surface area is 92.4 Å². The van der Waals surface area contributed by atoms with E-state index < -0.39 is 0 Å². The van der Waals surface area contributed by atoms with Crippen LogP contribution in [0.15, 0.2) is 12.3 Å². The van der Waals surface area contributed by atoms with Gasteiger partial charge in [0.25, 0.3) is 0 Å². The average molecular weight is 227 g/mol. The third-order valence-corrected chi connectivity index (χ3v) is 2.63. The molecule has 1 fully saturated rings. The minimum absolute atomic E-state index is 0.197. The number of aromatic nitrogens is 2. The van der Waals surface area contributed by atoms with Gasteiger partial charge in [-0.15, -0.1) is 5.10 Å². The summed E-state index contributed by atoms with van der Waals surface area (Å²) in [7, 11) is 0. The van der Waals surface area contributed by atoms with Gasteiger partial charge >= 0.3 is 0 Å². The van der Waals surface area contributed by atoms with Crippen molar-refractivity contribution >= 4 is 23.8 Å². The maximum Gasteiger partial charge on any atom is 0.207 e. The van der Waals surface area contributed by atoms with Crippen LogP contribution in [0.3, 0.4) is 0 Å². The van der Waals surface area contributed by atoms with Crippen LogP contribution in [0.2, 0.25) is 5.02 Å². The number of carbonyl (C=O) groups is 1. The highest BCUT2D eigenvalue weighted by molar-refractivity contribution is 6.30. The minimum Gasteiger partial charge on any atom is -0.354 e. The molecule has 0 saturated carbocycles. The van der Waals surface area contributed by atoms with E-state index in [1.54, 1.807) is 6.07 Å². The number of halogens is 1. The van der Waals surface area contributed by atoms with E-state index >= 15 is 0 Å². The predicted octanol–water partition coefficient (Wildman–Crippen LogP) is 0.455. The first-order valence-corrected chi connectivity index (χ1v) is 5.10. The summed E-state index contributed by atoms with van der Waals surface area (Å²) in [5.41, 5.74) is 0. The lowest BCUT2D eigenvalue weighted by molar-refractivity contribution is -0.110. The lowest BCUT2D eigenvalue weighted by atomic mass is 10.3. The van der Waals surface area contributed by atoms with Crippen molar-refractivity contribution in [2.75, 3.05) is 18.0 Å². The molecule has 0 unspecified atom stereocenters. The monoisotopic (exact) mass is 226 g/mol. The predicted molar refractivity (Wildman–Crippen MR) is 56.9 cm³/mol. The van der Waals surface area contributed by atoms with E-state index in [1.165, 1.54) is 6.20 Å². The largest absolute Gasteiger partial charge is 0.354 e. The number of nitrogens with one attached hydrogen (secondary N) is 1. The number of hydrogen-bond acceptors (Lipinski definition) is 4. The first-order valence-electron chi connectivity index (χ1n) is 4.72. The standard InChI is InChI=1S/C9H11ClN4O/c10-7-3-9(13-12-4-7)14-2-1-8(5-14)11-6-15/h3-4,6,8H,1-2,5H2,(H,11,15)/t8-/m1/s1. The number of carbonyl (C=O) groups excluding carboxylic acids is 1. The Morgan fingerprint density at radius 1 is 1.67 bits per heavy atom. The molecule has 1 N–H and O–H groups in total. The summed E-state index contributed by atoms with van der Waals surface area (Å²) < 4.78 is 0. The summed E-state index contributed by atoms with van der Waals surface area (Å²) in [6.45, 7) is 1.62. The maximum absolute atomic E-state index is 10.3. The van der Waals surface area contributed by atoms with Crippen LogP contribution in [-0.2, 0) is 4.79 Å². The second-order valence-electron chi connectivity index (χ2n) is 3.45. The van der Waals surface area contributed by atoms with Crippen molar-refractivity contribution in [3.05, 3.63) is 17.3 Å². The molecule has 5 nitrogen and oxygen atoms in total. The molecular formula is C9H11ClN4O. The van der Waals surface area contributed by atoms with Gasteiger partial charge in [-0.3, -0.25) is 4.79 Å². The molecule has 1 saturated heterocycles. The Hall–Kier alpha value is -1.36. The Balaban J connectivity index is 2.04. The van der Waals surface area contributed by atoms with Crippen LogP contribution in [0.25, 0.3) is 0 Å². The van der Waals surface area contributed by atoms with Crippen molar-refractivity contribution in [1.82, 2.24) is 15.5 Å². The molecule has 2 heterocycles. The number of rotatable bonds is 3. The second-order valence-corrected chi connectivity index (χ2v) is 3.88. The summed E-state index contributed by atoms with van der Waals surface area (Å²) in [5.74, 6) is 0.762. The summed E-state index contributed by atoms with van der Waals surface area (Å²) in [5, 5.41) is 11.1. The molecule has 1 aliphatic heterocycles. The molecule has 0 aliphatic carbocycles. The first-order chi connectivity index (χ1) is 7.29. The van der Waals surface area contributed by atoms with Gasteiger partial charge in [-0.2, -0.15) is 5.10 Å². The number of anilines is 1. The Morgan fingerprint density at radius 2 is 2.53 bits per heavy atom. The third-order valence-electron chi connectivity index (χ3n) is 2.42. The van der Waals surface area contributed by atoms with Crippen LogP contribution in [0.4, 0.5) is 5.82 Å². The Bertz CT molecular complexity index is 360. The first kappa shape index (κ1) is 10.2. The second kappa shape index (κ2) is 4.44. The van der Waals surface area contributed by atoms with E-state index in [0.29, 0.717) is 5.02 Å². The molecule has 0 bridgehead atoms. The van der Waals surface area contributed by atoms with E-state index in [4.69, 9.17) is 11.6 Å². The zero-order chi connectivity index (χ0) is 10.7. The molecular weight excluding hydrogens is 216 g/mol. The van der Waals surface area contributed by atoms with Gasteiger partial charge in [0.1, 0.15) is 0 Å². The van der Waals surface area contributed by atoms with Gasteiger partial charge in [0.05, 0.1) is 11.2 Å². The van der Waals surface area contributed by atoms with Crippen LogP contribution < -0.4 is 10.2 Å².